The van der Waals surface area contributed by atoms with Gasteiger partial charge in [0.25, 0.3) is 0 Å². The van der Waals surface area contributed by atoms with Crippen LogP contribution < -0.4 is 11.1 Å². The van der Waals surface area contributed by atoms with Crippen LogP contribution in [0.5, 0.6) is 0 Å². The predicted molar refractivity (Wildman–Crippen MR) is 78.3 cm³/mol. The Labute approximate surface area is 113 Å². The SMILES string of the molecule is CSC1CCCCC1NC(=O)C(C)(C)C(N)=S. The van der Waals surface area contributed by atoms with E-state index in [-0.39, 0.29) is 16.9 Å². The van der Waals surface area contributed by atoms with Gasteiger partial charge in [-0.1, -0.05) is 25.1 Å². The molecule has 98 valence electrons. The number of carbonyl (C=O) groups excluding carboxylic acids is 1. The Hall–Kier alpha value is -0.290. The van der Waals surface area contributed by atoms with Crippen molar-refractivity contribution >= 4 is 34.9 Å². The summed E-state index contributed by atoms with van der Waals surface area (Å²) >= 11 is 6.78. The molecule has 0 aromatic heterocycles. The van der Waals surface area contributed by atoms with Crippen LogP contribution in [0.15, 0.2) is 0 Å². The second-order valence-electron chi connectivity index (χ2n) is 5.13. The number of carbonyl (C=O) groups is 1. The molecule has 17 heavy (non-hydrogen) atoms. The van der Waals surface area contributed by atoms with Gasteiger partial charge in [0.1, 0.15) is 0 Å². The molecular formula is C12H22N2OS2. The third-order valence-corrected chi connectivity index (χ3v) is 5.19. The highest BCUT2D eigenvalue weighted by atomic mass is 32.2. The Kier molecular flexibility index (Phi) is 5.25. The van der Waals surface area contributed by atoms with E-state index in [1.807, 2.05) is 11.8 Å². The molecule has 1 amide bonds. The second-order valence-corrected chi connectivity index (χ2v) is 6.64. The average molecular weight is 274 g/mol. The maximum absolute atomic E-state index is 12.1. The summed E-state index contributed by atoms with van der Waals surface area (Å²) in [6, 6.07) is 0.264. The van der Waals surface area contributed by atoms with Crippen molar-refractivity contribution in [2.24, 2.45) is 11.1 Å². The van der Waals surface area contributed by atoms with Crippen molar-refractivity contribution in [3.8, 4) is 0 Å². The molecule has 2 unspecified atom stereocenters. The van der Waals surface area contributed by atoms with Crippen molar-refractivity contribution in [3.63, 3.8) is 0 Å². The highest BCUT2D eigenvalue weighted by Crippen LogP contribution is 2.28. The normalized spacial score (nSPS) is 25.4. The Morgan fingerprint density at radius 1 is 1.41 bits per heavy atom. The van der Waals surface area contributed by atoms with Crippen LogP contribution in [0.4, 0.5) is 0 Å². The first kappa shape index (κ1) is 14.8. The van der Waals surface area contributed by atoms with Crippen LogP contribution in [-0.4, -0.2) is 28.4 Å². The number of amides is 1. The largest absolute Gasteiger partial charge is 0.392 e. The minimum Gasteiger partial charge on any atom is -0.392 e. The Morgan fingerprint density at radius 2 is 2.00 bits per heavy atom. The van der Waals surface area contributed by atoms with Gasteiger partial charge in [-0.25, -0.2) is 0 Å². The number of nitrogens with two attached hydrogens (primary N) is 1. The molecule has 0 spiro atoms. The number of hydrogen-bond donors (Lipinski definition) is 2. The van der Waals surface area contributed by atoms with Gasteiger partial charge in [0.05, 0.1) is 10.4 Å². The summed E-state index contributed by atoms with van der Waals surface area (Å²) in [5, 5.41) is 3.64. The van der Waals surface area contributed by atoms with Crippen LogP contribution in [0.25, 0.3) is 0 Å². The fourth-order valence-electron chi connectivity index (χ4n) is 2.00. The van der Waals surface area contributed by atoms with Gasteiger partial charge < -0.3 is 11.1 Å². The lowest BCUT2D eigenvalue weighted by atomic mass is 9.89. The quantitative estimate of drug-likeness (QED) is 0.771. The third-order valence-electron chi connectivity index (χ3n) is 3.51. The molecule has 3 nitrogen and oxygen atoms in total. The third kappa shape index (κ3) is 3.58. The first-order valence-electron chi connectivity index (χ1n) is 6.03. The molecule has 0 aliphatic heterocycles. The number of hydrogen-bond acceptors (Lipinski definition) is 3. The zero-order valence-corrected chi connectivity index (χ0v) is 12.4. The highest BCUT2D eigenvalue weighted by molar-refractivity contribution is 7.99. The van der Waals surface area contributed by atoms with E-state index in [1.54, 1.807) is 13.8 Å². The molecule has 0 saturated heterocycles. The summed E-state index contributed by atoms with van der Waals surface area (Å²) in [7, 11) is 0. The first-order chi connectivity index (χ1) is 7.89. The molecule has 1 rings (SSSR count). The van der Waals surface area contributed by atoms with Gasteiger partial charge in [-0.15, -0.1) is 0 Å². The number of rotatable bonds is 4. The number of thiocarbonyl (C=S) groups is 1. The van der Waals surface area contributed by atoms with Crippen molar-refractivity contribution < 1.29 is 4.79 Å². The monoisotopic (exact) mass is 274 g/mol. The first-order valence-corrected chi connectivity index (χ1v) is 7.73. The second kappa shape index (κ2) is 6.05. The zero-order valence-electron chi connectivity index (χ0n) is 10.8. The smallest absolute Gasteiger partial charge is 0.232 e. The van der Waals surface area contributed by atoms with E-state index in [9.17, 15) is 4.79 Å². The number of nitrogens with one attached hydrogen (secondary N) is 1. The molecule has 0 bridgehead atoms. The lowest BCUT2D eigenvalue weighted by molar-refractivity contribution is -0.127. The highest BCUT2D eigenvalue weighted by Gasteiger charge is 2.34. The summed E-state index contributed by atoms with van der Waals surface area (Å²) in [5.74, 6) is -0.0454. The summed E-state index contributed by atoms with van der Waals surface area (Å²) in [4.78, 5) is 12.4. The molecule has 1 saturated carbocycles. The summed E-state index contributed by atoms with van der Waals surface area (Å²) in [6.45, 7) is 3.56. The van der Waals surface area contributed by atoms with Crippen molar-refractivity contribution in [2.75, 3.05) is 6.26 Å². The van der Waals surface area contributed by atoms with Crippen LogP contribution in [0.1, 0.15) is 39.5 Å². The Balaban J connectivity index is 2.63. The van der Waals surface area contributed by atoms with E-state index in [2.05, 4.69) is 11.6 Å². The van der Waals surface area contributed by atoms with E-state index >= 15 is 0 Å². The maximum atomic E-state index is 12.1. The zero-order chi connectivity index (χ0) is 13.1. The summed E-state index contributed by atoms with van der Waals surface area (Å²) in [5.41, 5.74) is 4.85. The van der Waals surface area contributed by atoms with E-state index in [1.165, 1.54) is 19.3 Å². The Bertz CT molecular complexity index is 305. The van der Waals surface area contributed by atoms with Gasteiger partial charge in [-0.2, -0.15) is 11.8 Å². The topological polar surface area (TPSA) is 55.1 Å². The molecule has 1 fully saturated rings. The van der Waals surface area contributed by atoms with Gasteiger partial charge in [0.15, 0.2) is 0 Å². The van der Waals surface area contributed by atoms with Crippen molar-refractivity contribution in [2.45, 2.75) is 50.8 Å². The van der Waals surface area contributed by atoms with Crippen molar-refractivity contribution in [3.05, 3.63) is 0 Å². The molecule has 1 aliphatic rings. The molecule has 0 aromatic rings. The minimum absolute atomic E-state index is 0.0454. The van der Waals surface area contributed by atoms with Gasteiger partial charge in [0, 0.05) is 11.3 Å². The summed E-state index contributed by atoms with van der Waals surface area (Å²) in [6.07, 6.45) is 6.80. The van der Waals surface area contributed by atoms with E-state index in [4.69, 9.17) is 18.0 Å². The molecule has 3 N–H and O–H groups in total. The molecule has 0 heterocycles. The van der Waals surface area contributed by atoms with E-state index < -0.39 is 5.41 Å². The maximum Gasteiger partial charge on any atom is 0.232 e. The molecule has 0 aromatic carbocycles. The fourth-order valence-corrected chi connectivity index (χ4v) is 3.03. The minimum atomic E-state index is -0.754. The average Bonchev–Trinajstić information content (AvgIpc) is 2.29. The van der Waals surface area contributed by atoms with Gasteiger partial charge in [-0.3, -0.25) is 4.79 Å². The molecule has 2 atom stereocenters. The van der Waals surface area contributed by atoms with Crippen molar-refractivity contribution in [1.29, 1.82) is 0 Å². The lowest BCUT2D eigenvalue weighted by Gasteiger charge is -2.33. The molecule has 0 radical (unpaired) electrons. The standard InChI is InChI=1S/C12H22N2OS2/c1-12(2,10(13)16)11(15)14-8-6-4-5-7-9(8)17-3/h8-9H,4-7H2,1-3H3,(H2,13,16)(H,14,15). The lowest BCUT2D eigenvalue weighted by Crippen LogP contribution is -2.51. The van der Waals surface area contributed by atoms with E-state index in [0.717, 1.165) is 6.42 Å². The predicted octanol–water partition coefficient (Wildman–Crippen LogP) is 2.09. The van der Waals surface area contributed by atoms with Crippen LogP contribution in [0.3, 0.4) is 0 Å². The van der Waals surface area contributed by atoms with Gasteiger partial charge in [-0.05, 0) is 32.9 Å². The molecular weight excluding hydrogens is 252 g/mol. The van der Waals surface area contributed by atoms with Gasteiger partial charge >= 0.3 is 0 Å². The van der Waals surface area contributed by atoms with Crippen LogP contribution >= 0.6 is 24.0 Å². The van der Waals surface area contributed by atoms with Crippen molar-refractivity contribution in [1.82, 2.24) is 5.32 Å². The van der Waals surface area contributed by atoms with E-state index in [0.29, 0.717) is 5.25 Å². The van der Waals surface area contributed by atoms with Gasteiger partial charge in [0.2, 0.25) is 5.91 Å². The van der Waals surface area contributed by atoms with Crippen LogP contribution in [-0.2, 0) is 4.79 Å². The molecule has 1 aliphatic carbocycles. The van der Waals surface area contributed by atoms with Crippen LogP contribution in [0, 0.1) is 5.41 Å². The molecule has 5 heteroatoms. The Morgan fingerprint density at radius 3 is 2.53 bits per heavy atom. The fraction of sp³-hybridized carbons (Fsp3) is 0.833. The summed E-state index contributed by atoms with van der Waals surface area (Å²) < 4.78 is 0. The van der Waals surface area contributed by atoms with Crippen LogP contribution in [0.2, 0.25) is 0 Å². The number of thioether (sulfide) groups is 1.